The van der Waals surface area contributed by atoms with Crippen LogP contribution in [0.5, 0.6) is 0 Å². The first kappa shape index (κ1) is 13.1. The predicted molar refractivity (Wildman–Crippen MR) is 73.7 cm³/mol. The van der Waals surface area contributed by atoms with Crippen molar-refractivity contribution >= 4 is 0 Å². The molecule has 1 aliphatic rings. The van der Waals surface area contributed by atoms with E-state index in [1.165, 1.54) is 5.56 Å². The van der Waals surface area contributed by atoms with Gasteiger partial charge in [0, 0.05) is 38.3 Å². The van der Waals surface area contributed by atoms with Crippen LogP contribution in [0.25, 0.3) is 5.69 Å². The summed E-state index contributed by atoms with van der Waals surface area (Å²) >= 11 is 0. The molecule has 0 radical (unpaired) electrons. The summed E-state index contributed by atoms with van der Waals surface area (Å²) in [7, 11) is 0. The summed E-state index contributed by atoms with van der Waals surface area (Å²) in [6.07, 6.45) is 0. The monoisotopic (exact) mass is 275 g/mol. The molecule has 1 aromatic carbocycles. The van der Waals surface area contributed by atoms with Crippen molar-refractivity contribution < 1.29 is 9.20 Å². The quantitative estimate of drug-likeness (QED) is 0.771. The highest BCUT2D eigenvalue weighted by Gasteiger charge is 2.26. The predicted octanol–water partition coefficient (Wildman–Crippen LogP) is -0.0418. The average molecular weight is 275 g/mol. The number of nitrogens with zero attached hydrogens (tertiary/aromatic N) is 2. The Hall–Kier alpha value is -1.92. The van der Waals surface area contributed by atoms with E-state index in [1.807, 2.05) is 31.2 Å². The molecule has 0 amide bonds. The van der Waals surface area contributed by atoms with Crippen LogP contribution in [-0.2, 0) is 6.54 Å². The fourth-order valence-corrected chi connectivity index (χ4v) is 2.41. The standard InChI is InChI=1S/C14H18N4O2/c1-11-2-4-12(5-3-11)18-13(14(19)20-16-18)10-17-8-6-15-7-9-17/h2-5,15H,6-10H2,1H3/p+1. The number of nitrogens with one attached hydrogen (secondary N) is 2. The number of aromatic nitrogens is 2. The average Bonchev–Trinajstić information content (AvgIpc) is 2.83. The minimum Gasteiger partial charge on any atom is -0.314 e. The van der Waals surface area contributed by atoms with Crippen LogP contribution in [0.3, 0.4) is 0 Å². The molecule has 6 heteroatoms. The fourth-order valence-electron chi connectivity index (χ4n) is 2.41. The third kappa shape index (κ3) is 2.66. The van der Waals surface area contributed by atoms with Crippen molar-refractivity contribution in [3.8, 4) is 5.69 Å². The van der Waals surface area contributed by atoms with Crippen molar-refractivity contribution in [2.75, 3.05) is 26.2 Å². The van der Waals surface area contributed by atoms with E-state index in [9.17, 15) is 4.79 Å². The molecule has 0 aliphatic carbocycles. The minimum atomic E-state index is -0.302. The molecule has 1 aromatic heterocycles. The van der Waals surface area contributed by atoms with Gasteiger partial charge in [0.05, 0.1) is 6.54 Å². The van der Waals surface area contributed by atoms with Gasteiger partial charge in [0.25, 0.3) is 0 Å². The first-order valence-corrected chi connectivity index (χ1v) is 6.86. The Balaban J connectivity index is 1.88. The lowest BCUT2D eigenvalue weighted by Gasteiger charge is -2.24. The second-order valence-corrected chi connectivity index (χ2v) is 5.12. The highest BCUT2D eigenvalue weighted by Crippen LogP contribution is 2.04. The first-order valence-electron chi connectivity index (χ1n) is 6.86. The molecule has 0 spiro atoms. The third-order valence-electron chi connectivity index (χ3n) is 3.61. The van der Waals surface area contributed by atoms with Gasteiger partial charge < -0.3 is 5.32 Å². The van der Waals surface area contributed by atoms with E-state index in [-0.39, 0.29) is 5.63 Å². The number of hydrogen-bond donors (Lipinski definition) is 2. The second kappa shape index (κ2) is 5.60. The highest BCUT2D eigenvalue weighted by molar-refractivity contribution is 5.26. The fraction of sp³-hybridized carbons (Fsp3) is 0.429. The van der Waals surface area contributed by atoms with Crippen LogP contribution < -0.4 is 15.6 Å². The minimum absolute atomic E-state index is 0.302. The summed E-state index contributed by atoms with van der Waals surface area (Å²) in [5.41, 5.74) is 2.43. The Labute approximate surface area is 117 Å². The lowest BCUT2D eigenvalue weighted by atomic mass is 10.2. The van der Waals surface area contributed by atoms with Crippen molar-refractivity contribution in [3.05, 3.63) is 45.9 Å². The van der Waals surface area contributed by atoms with Crippen molar-refractivity contribution in [2.24, 2.45) is 0 Å². The smallest absolute Gasteiger partial charge is 0.314 e. The summed E-state index contributed by atoms with van der Waals surface area (Å²) < 4.78 is 6.69. The molecule has 3 rings (SSSR count). The molecular formula is C14H19N4O2+. The number of aromatic amines is 1. The van der Waals surface area contributed by atoms with Crippen molar-refractivity contribution in [1.82, 2.24) is 15.5 Å². The van der Waals surface area contributed by atoms with Crippen LogP contribution in [-0.4, -0.2) is 36.4 Å². The van der Waals surface area contributed by atoms with Gasteiger partial charge in [-0.2, -0.15) is 0 Å². The Kier molecular flexibility index (Phi) is 3.66. The van der Waals surface area contributed by atoms with Gasteiger partial charge in [-0.3, -0.25) is 9.42 Å². The highest BCUT2D eigenvalue weighted by atomic mass is 16.5. The zero-order chi connectivity index (χ0) is 13.9. The normalized spacial score (nSPS) is 16.4. The van der Waals surface area contributed by atoms with Crippen LogP contribution >= 0.6 is 0 Å². The van der Waals surface area contributed by atoms with Gasteiger partial charge >= 0.3 is 11.3 Å². The number of aryl methyl sites for hydroxylation is 1. The Morgan fingerprint density at radius 1 is 1.25 bits per heavy atom. The van der Waals surface area contributed by atoms with Crippen LogP contribution in [0.15, 0.2) is 33.6 Å². The van der Waals surface area contributed by atoms with Crippen molar-refractivity contribution in [3.63, 3.8) is 0 Å². The van der Waals surface area contributed by atoms with E-state index >= 15 is 0 Å². The number of piperazine rings is 1. The molecule has 0 saturated carbocycles. The third-order valence-corrected chi connectivity index (χ3v) is 3.61. The molecule has 2 N–H and O–H groups in total. The van der Waals surface area contributed by atoms with E-state index in [0.29, 0.717) is 12.2 Å². The molecular weight excluding hydrogens is 256 g/mol. The molecule has 1 aliphatic heterocycles. The van der Waals surface area contributed by atoms with E-state index in [4.69, 9.17) is 4.52 Å². The largest absolute Gasteiger partial charge is 0.431 e. The first-order chi connectivity index (χ1) is 9.74. The number of rotatable bonds is 3. The van der Waals surface area contributed by atoms with Crippen LogP contribution in [0, 0.1) is 6.92 Å². The maximum Gasteiger partial charge on any atom is 0.431 e. The van der Waals surface area contributed by atoms with Crippen LogP contribution in [0.4, 0.5) is 0 Å². The van der Waals surface area contributed by atoms with Gasteiger partial charge in [-0.05, 0) is 16.9 Å². The molecule has 6 nitrogen and oxygen atoms in total. The summed E-state index contributed by atoms with van der Waals surface area (Å²) in [4.78, 5) is 14.1. The van der Waals surface area contributed by atoms with Gasteiger partial charge in [0.15, 0.2) is 0 Å². The van der Waals surface area contributed by atoms with E-state index < -0.39 is 0 Å². The summed E-state index contributed by atoms with van der Waals surface area (Å²) in [5, 5.41) is 5.99. The maximum atomic E-state index is 11.9. The number of hydrogen-bond acceptors (Lipinski definition) is 4. The Morgan fingerprint density at radius 3 is 2.65 bits per heavy atom. The van der Waals surface area contributed by atoms with E-state index in [0.717, 1.165) is 31.9 Å². The van der Waals surface area contributed by atoms with Crippen molar-refractivity contribution in [1.29, 1.82) is 0 Å². The molecule has 0 unspecified atom stereocenters. The Morgan fingerprint density at radius 2 is 1.95 bits per heavy atom. The lowest BCUT2D eigenvalue weighted by Crippen LogP contribution is -2.47. The van der Waals surface area contributed by atoms with Gasteiger partial charge in [-0.15, -0.1) is 0 Å². The summed E-state index contributed by atoms with van der Waals surface area (Å²) in [6.45, 7) is 6.44. The maximum absolute atomic E-state index is 11.9. The lowest BCUT2D eigenvalue weighted by molar-refractivity contribution is -0.678. The summed E-state index contributed by atoms with van der Waals surface area (Å²) in [5.74, 6) is 0. The number of benzene rings is 1. The van der Waals surface area contributed by atoms with Crippen LogP contribution in [0.2, 0.25) is 0 Å². The second-order valence-electron chi connectivity index (χ2n) is 5.12. The number of H-pyrrole nitrogens is 1. The molecule has 2 heterocycles. The topological polar surface area (TPSA) is 65.2 Å². The summed E-state index contributed by atoms with van der Waals surface area (Å²) in [6, 6.07) is 7.98. The molecule has 1 saturated heterocycles. The van der Waals surface area contributed by atoms with Crippen molar-refractivity contribution in [2.45, 2.75) is 13.5 Å². The molecule has 0 atom stereocenters. The van der Waals surface area contributed by atoms with E-state index in [2.05, 4.69) is 15.5 Å². The van der Waals surface area contributed by atoms with Gasteiger partial charge in [-0.1, -0.05) is 17.7 Å². The molecule has 0 bridgehead atoms. The van der Waals surface area contributed by atoms with Gasteiger partial charge in [-0.25, -0.2) is 4.79 Å². The SMILES string of the molecule is Cc1ccc(-[n+]2[nH]oc(=O)c2CN2CCNCC2)cc1. The van der Waals surface area contributed by atoms with Gasteiger partial charge in [0.1, 0.15) is 0 Å². The molecule has 106 valence electrons. The molecule has 1 fully saturated rings. The molecule has 2 aromatic rings. The molecule has 20 heavy (non-hydrogen) atoms. The zero-order valence-corrected chi connectivity index (χ0v) is 11.6. The van der Waals surface area contributed by atoms with E-state index in [1.54, 1.807) is 4.68 Å². The Bertz CT molecular complexity index is 623. The zero-order valence-electron chi connectivity index (χ0n) is 11.6. The van der Waals surface area contributed by atoms with Crippen LogP contribution in [0.1, 0.15) is 11.3 Å². The van der Waals surface area contributed by atoms with Gasteiger partial charge in [0.2, 0.25) is 5.69 Å².